The molecule has 1 N–H and O–H groups in total. The molecule has 5 heteroatoms. The SMILES string of the molecule is COc1ccc(C=CC(=O)C2CC2Cc2cccc(Cl)c2OCc2ccccc2)cc1O. The highest BCUT2D eigenvalue weighted by molar-refractivity contribution is 6.32. The second-order valence-corrected chi connectivity index (χ2v) is 8.38. The first-order valence-corrected chi connectivity index (χ1v) is 11.0. The molecule has 164 valence electrons. The van der Waals surface area contributed by atoms with Gasteiger partial charge in [0.2, 0.25) is 0 Å². The van der Waals surface area contributed by atoms with Crippen molar-refractivity contribution in [2.45, 2.75) is 19.4 Å². The molecule has 2 atom stereocenters. The number of para-hydroxylation sites is 1. The number of aromatic hydroxyl groups is 1. The smallest absolute Gasteiger partial charge is 0.160 e. The predicted molar refractivity (Wildman–Crippen MR) is 126 cm³/mol. The number of ketones is 1. The molecule has 0 amide bonds. The van der Waals surface area contributed by atoms with Gasteiger partial charge in [-0.1, -0.05) is 66.2 Å². The van der Waals surface area contributed by atoms with Crippen LogP contribution in [-0.2, 0) is 17.8 Å². The van der Waals surface area contributed by atoms with Crippen molar-refractivity contribution in [3.8, 4) is 17.2 Å². The lowest BCUT2D eigenvalue weighted by Crippen LogP contribution is -2.03. The normalized spacial score (nSPS) is 17.3. The van der Waals surface area contributed by atoms with Gasteiger partial charge in [-0.15, -0.1) is 0 Å². The average Bonchev–Trinajstić information content (AvgIpc) is 3.57. The van der Waals surface area contributed by atoms with E-state index < -0.39 is 0 Å². The standard InChI is InChI=1S/C27H25ClO4/c1-31-26-13-11-18(14-25(26)30)10-12-24(29)22-16-21(22)15-20-8-5-9-23(28)27(20)32-17-19-6-3-2-4-7-19/h2-14,21-22,30H,15-17H2,1H3. The zero-order valence-corrected chi connectivity index (χ0v) is 18.6. The summed E-state index contributed by atoms with van der Waals surface area (Å²) in [6.07, 6.45) is 4.92. The van der Waals surface area contributed by atoms with Gasteiger partial charge in [-0.25, -0.2) is 0 Å². The van der Waals surface area contributed by atoms with Gasteiger partial charge in [0.1, 0.15) is 12.4 Å². The number of hydrogen-bond donors (Lipinski definition) is 1. The van der Waals surface area contributed by atoms with Gasteiger partial charge < -0.3 is 14.6 Å². The van der Waals surface area contributed by atoms with E-state index in [4.69, 9.17) is 21.1 Å². The van der Waals surface area contributed by atoms with E-state index in [-0.39, 0.29) is 23.4 Å². The van der Waals surface area contributed by atoms with Gasteiger partial charge >= 0.3 is 0 Å². The number of phenols is 1. The fourth-order valence-electron chi connectivity index (χ4n) is 3.82. The van der Waals surface area contributed by atoms with Crippen molar-refractivity contribution in [2.24, 2.45) is 11.8 Å². The second kappa shape index (κ2) is 9.92. The molecule has 3 aromatic carbocycles. The first-order valence-electron chi connectivity index (χ1n) is 10.6. The lowest BCUT2D eigenvalue weighted by atomic mass is 10.0. The van der Waals surface area contributed by atoms with Gasteiger partial charge in [0.25, 0.3) is 0 Å². The number of methoxy groups -OCH3 is 1. The van der Waals surface area contributed by atoms with Crippen molar-refractivity contribution < 1.29 is 19.4 Å². The van der Waals surface area contributed by atoms with Crippen LogP contribution in [0.3, 0.4) is 0 Å². The Morgan fingerprint density at radius 2 is 1.94 bits per heavy atom. The Morgan fingerprint density at radius 1 is 1.12 bits per heavy atom. The molecule has 4 rings (SSSR count). The monoisotopic (exact) mass is 448 g/mol. The molecule has 32 heavy (non-hydrogen) atoms. The summed E-state index contributed by atoms with van der Waals surface area (Å²) in [6, 6.07) is 20.8. The van der Waals surface area contributed by atoms with Crippen molar-refractivity contribution in [2.75, 3.05) is 7.11 Å². The summed E-state index contributed by atoms with van der Waals surface area (Å²) >= 11 is 6.42. The number of phenolic OH excluding ortho intramolecular Hbond substituents is 1. The van der Waals surface area contributed by atoms with E-state index in [1.165, 1.54) is 7.11 Å². The minimum absolute atomic E-state index is 0.000879. The highest BCUT2D eigenvalue weighted by Crippen LogP contribution is 2.44. The van der Waals surface area contributed by atoms with Crippen LogP contribution in [0.1, 0.15) is 23.1 Å². The highest BCUT2D eigenvalue weighted by atomic mass is 35.5. The van der Waals surface area contributed by atoms with Gasteiger partial charge in [-0.3, -0.25) is 4.79 Å². The third kappa shape index (κ3) is 5.32. The van der Waals surface area contributed by atoms with Crippen LogP contribution in [0.5, 0.6) is 17.2 Å². The molecule has 0 heterocycles. The van der Waals surface area contributed by atoms with Crippen LogP contribution in [0.25, 0.3) is 6.08 Å². The fraction of sp³-hybridized carbons (Fsp3) is 0.222. The summed E-state index contributed by atoms with van der Waals surface area (Å²) in [4.78, 5) is 12.6. The molecule has 1 fully saturated rings. The van der Waals surface area contributed by atoms with E-state index in [9.17, 15) is 9.90 Å². The van der Waals surface area contributed by atoms with Crippen LogP contribution in [-0.4, -0.2) is 18.0 Å². The molecule has 0 radical (unpaired) electrons. The number of carbonyl (C=O) groups excluding carboxylic acids is 1. The van der Waals surface area contributed by atoms with Crippen LogP contribution in [0.15, 0.2) is 72.8 Å². The number of ether oxygens (including phenoxy) is 2. The molecule has 1 aliphatic carbocycles. The summed E-state index contributed by atoms with van der Waals surface area (Å²) in [5, 5.41) is 10.5. The molecular formula is C27H25ClO4. The van der Waals surface area contributed by atoms with Crippen molar-refractivity contribution >= 4 is 23.5 Å². The maximum Gasteiger partial charge on any atom is 0.160 e. The van der Waals surface area contributed by atoms with E-state index >= 15 is 0 Å². The molecule has 0 bridgehead atoms. The predicted octanol–water partition coefficient (Wildman–Crippen LogP) is 6.09. The summed E-state index contributed by atoms with van der Waals surface area (Å²) in [5.74, 6) is 1.52. The lowest BCUT2D eigenvalue weighted by molar-refractivity contribution is -0.115. The largest absolute Gasteiger partial charge is 0.504 e. The van der Waals surface area contributed by atoms with Crippen LogP contribution >= 0.6 is 11.6 Å². The Balaban J connectivity index is 1.37. The Labute approximate surface area is 193 Å². The Morgan fingerprint density at radius 3 is 2.69 bits per heavy atom. The minimum Gasteiger partial charge on any atom is -0.504 e. The second-order valence-electron chi connectivity index (χ2n) is 7.98. The molecule has 3 aromatic rings. The molecule has 0 aromatic heterocycles. The minimum atomic E-state index is -0.000879. The van der Waals surface area contributed by atoms with Crippen LogP contribution in [0.2, 0.25) is 5.02 Å². The van der Waals surface area contributed by atoms with Crippen LogP contribution < -0.4 is 9.47 Å². The van der Waals surface area contributed by atoms with Crippen molar-refractivity contribution in [1.29, 1.82) is 0 Å². The van der Waals surface area contributed by atoms with Gasteiger partial charge in [-0.05, 0) is 59.7 Å². The topological polar surface area (TPSA) is 55.8 Å². The van der Waals surface area contributed by atoms with E-state index in [0.717, 1.165) is 29.5 Å². The zero-order chi connectivity index (χ0) is 22.5. The van der Waals surface area contributed by atoms with Gasteiger partial charge in [0.15, 0.2) is 17.3 Å². The maximum absolute atomic E-state index is 12.6. The van der Waals surface area contributed by atoms with Crippen LogP contribution in [0.4, 0.5) is 0 Å². The third-order valence-electron chi connectivity index (χ3n) is 5.69. The Kier molecular flexibility index (Phi) is 6.81. The lowest BCUT2D eigenvalue weighted by Gasteiger charge is -2.13. The van der Waals surface area contributed by atoms with Crippen molar-refractivity contribution in [3.63, 3.8) is 0 Å². The van der Waals surface area contributed by atoms with E-state index in [1.807, 2.05) is 48.5 Å². The Hall–Kier alpha value is -3.24. The molecule has 0 spiro atoms. The number of rotatable bonds is 9. The van der Waals surface area contributed by atoms with E-state index in [0.29, 0.717) is 23.1 Å². The zero-order valence-electron chi connectivity index (χ0n) is 17.8. The fourth-order valence-corrected chi connectivity index (χ4v) is 4.07. The summed E-state index contributed by atoms with van der Waals surface area (Å²) in [7, 11) is 1.50. The molecule has 4 nitrogen and oxygen atoms in total. The van der Waals surface area contributed by atoms with E-state index in [1.54, 1.807) is 30.4 Å². The quantitative estimate of drug-likeness (QED) is 0.402. The summed E-state index contributed by atoms with van der Waals surface area (Å²) in [5.41, 5.74) is 2.85. The average molecular weight is 449 g/mol. The number of benzene rings is 3. The molecule has 2 unspecified atom stereocenters. The van der Waals surface area contributed by atoms with Gasteiger partial charge in [0.05, 0.1) is 12.1 Å². The maximum atomic E-state index is 12.6. The van der Waals surface area contributed by atoms with Crippen molar-refractivity contribution in [3.05, 3.63) is 94.5 Å². The number of allylic oxidation sites excluding steroid dienone is 1. The molecule has 0 saturated heterocycles. The van der Waals surface area contributed by atoms with E-state index in [2.05, 4.69) is 0 Å². The Bertz CT molecular complexity index is 1120. The molecular weight excluding hydrogens is 424 g/mol. The van der Waals surface area contributed by atoms with Crippen LogP contribution in [0, 0.1) is 11.8 Å². The third-order valence-corrected chi connectivity index (χ3v) is 5.99. The van der Waals surface area contributed by atoms with Gasteiger partial charge in [0, 0.05) is 5.92 Å². The van der Waals surface area contributed by atoms with Gasteiger partial charge in [-0.2, -0.15) is 0 Å². The molecule has 1 saturated carbocycles. The summed E-state index contributed by atoms with van der Waals surface area (Å²) in [6.45, 7) is 0.446. The first-order chi connectivity index (χ1) is 15.5. The van der Waals surface area contributed by atoms with Crippen molar-refractivity contribution in [1.82, 2.24) is 0 Å². The number of hydrogen-bond acceptors (Lipinski definition) is 4. The number of carbonyl (C=O) groups is 1. The molecule has 1 aliphatic rings. The number of halogens is 1. The summed E-state index contributed by atoms with van der Waals surface area (Å²) < 4.78 is 11.1. The highest BCUT2D eigenvalue weighted by Gasteiger charge is 2.41. The first kappa shape index (κ1) is 22.0. The molecule has 0 aliphatic heterocycles.